The SMILES string of the molecule is C=C(C)C(=O)OCCCCCCC(F)(F)F. The molecule has 0 saturated heterocycles. The minimum Gasteiger partial charge on any atom is -0.462 e. The van der Waals surface area contributed by atoms with E-state index in [1.165, 1.54) is 0 Å². The molecule has 0 aromatic rings. The Kier molecular flexibility index (Phi) is 6.85. The van der Waals surface area contributed by atoms with E-state index >= 15 is 0 Å². The molecule has 0 heterocycles. The zero-order chi connectivity index (χ0) is 12.6. The Balaban J connectivity index is 3.29. The fourth-order valence-electron chi connectivity index (χ4n) is 1.07. The smallest absolute Gasteiger partial charge is 0.389 e. The van der Waals surface area contributed by atoms with Crippen molar-refractivity contribution in [1.82, 2.24) is 0 Å². The summed E-state index contributed by atoms with van der Waals surface area (Å²) < 4.78 is 40.0. The van der Waals surface area contributed by atoms with E-state index in [0.717, 1.165) is 0 Å². The number of esters is 1. The zero-order valence-electron chi connectivity index (χ0n) is 9.40. The summed E-state index contributed by atoms with van der Waals surface area (Å²) in [6, 6.07) is 0. The van der Waals surface area contributed by atoms with Crippen molar-refractivity contribution in [1.29, 1.82) is 0 Å². The van der Waals surface area contributed by atoms with Gasteiger partial charge in [0.25, 0.3) is 0 Å². The molecular weight excluding hydrogens is 221 g/mol. The van der Waals surface area contributed by atoms with Crippen molar-refractivity contribution in [3.63, 3.8) is 0 Å². The molecule has 94 valence electrons. The maximum atomic E-state index is 11.7. The van der Waals surface area contributed by atoms with Crippen LogP contribution in [0.3, 0.4) is 0 Å². The fraction of sp³-hybridized carbons (Fsp3) is 0.727. The molecule has 0 aliphatic rings. The molecule has 5 heteroatoms. The van der Waals surface area contributed by atoms with Crippen LogP contribution in [0.15, 0.2) is 12.2 Å². The molecule has 0 aliphatic carbocycles. The Labute approximate surface area is 93.5 Å². The summed E-state index contributed by atoms with van der Waals surface area (Å²) >= 11 is 0. The minimum atomic E-state index is -4.06. The van der Waals surface area contributed by atoms with Crippen molar-refractivity contribution in [2.24, 2.45) is 0 Å². The summed E-state index contributed by atoms with van der Waals surface area (Å²) in [5.74, 6) is -0.449. The molecule has 0 amide bonds. The summed E-state index contributed by atoms with van der Waals surface area (Å²) in [5, 5.41) is 0. The topological polar surface area (TPSA) is 26.3 Å². The first kappa shape index (κ1) is 15.0. The van der Waals surface area contributed by atoms with Crippen LogP contribution in [0.4, 0.5) is 13.2 Å². The largest absolute Gasteiger partial charge is 0.462 e. The van der Waals surface area contributed by atoms with Crippen LogP contribution in [0.5, 0.6) is 0 Å². The number of rotatable bonds is 7. The summed E-state index contributed by atoms with van der Waals surface area (Å²) in [5.41, 5.74) is 0.331. The molecule has 0 aliphatic heterocycles. The van der Waals surface area contributed by atoms with Crippen molar-refractivity contribution < 1.29 is 22.7 Å². The van der Waals surface area contributed by atoms with Gasteiger partial charge in [-0.05, 0) is 19.8 Å². The van der Waals surface area contributed by atoms with Crippen LogP contribution >= 0.6 is 0 Å². The van der Waals surface area contributed by atoms with Crippen LogP contribution in [0.1, 0.15) is 39.0 Å². The van der Waals surface area contributed by atoms with Gasteiger partial charge in [-0.3, -0.25) is 0 Å². The Morgan fingerprint density at radius 1 is 1.19 bits per heavy atom. The van der Waals surface area contributed by atoms with Crippen molar-refractivity contribution in [2.45, 2.75) is 45.2 Å². The minimum absolute atomic E-state index is 0.137. The molecule has 0 bridgehead atoms. The maximum absolute atomic E-state index is 11.7. The number of halogens is 3. The van der Waals surface area contributed by atoms with Gasteiger partial charge in [0.05, 0.1) is 6.61 Å². The number of hydrogen-bond donors (Lipinski definition) is 0. The number of ether oxygens (including phenoxy) is 1. The number of alkyl halides is 3. The van der Waals surface area contributed by atoms with E-state index in [4.69, 9.17) is 4.74 Å². The first-order valence-corrected chi connectivity index (χ1v) is 5.22. The monoisotopic (exact) mass is 238 g/mol. The van der Waals surface area contributed by atoms with E-state index in [2.05, 4.69) is 6.58 Å². The molecule has 0 fully saturated rings. The standard InChI is InChI=1S/C11H17F3O2/c1-9(2)10(15)16-8-6-4-3-5-7-11(12,13)14/h1,3-8H2,2H3. The van der Waals surface area contributed by atoms with Crippen molar-refractivity contribution in [3.8, 4) is 0 Å². The van der Waals surface area contributed by atoms with E-state index in [1.54, 1.807) is 6.92 Å². The van der Waals surface area contributed by atoms with Crippen LogP contribution in [-0.4, -0.2) is 18.8 Å². The van der Waals surface area contributed by atoms with E-state index in [-0.39, 0.29) is 13.0 Å². The molecule has 0 saturated carbocycles. The van der Waals surface area contributed by atoms with E-state index in [0.29, 0.717) is 24.8 Å². The van der Waals surface area contributed by atoms with Crippen LogP contribution in [0.2, 0.25) is 0 Å². The lowest BCUT2D eigenvalue weighted by molar-refractivity contribution is -0.139. The Morgan fingerprint density at radius 3 is 2.25 bits per heavy atom. The van der Waals surface area contributed by atoms with Gasteiger partial charge in [-0.1, -0.05) is 19.4 Å². The van der Waals surface area contributed by atoms with Crippen LogP contribution in [0.25, 0.3) is 0 Å². The first-order chi connectivity index (χ1) is 7.33. The lowest BCUT2D eigenvalue weighted by atomic mass is 10.1. The highest BCUT2D eigenvalue weighted by molar-refractivity contribution is 5.86. The first-order valence-electron chi connectivity index (χ1n) is 5.22. The molecule has 16 heavy (non-hydrogen) atoms. The molecule has 0 unspecified atom stereocenters. The van der Waals surface area contributed by atoms with Crippen LogP contribution in [-0.2, 0) is 9.53 Å². The van der Waals surface area contributed by atoms with Gasteiger partial charge in [0.1, 0.15) is 0 Å². The zero-order valence-corrected chi connectivity index (χ0v) is 9.40. The fourth-order valence-corrected chi connectivity index (χ4v) is 1.07. The summed E-state index contributed by atoms with van der Waals surface area (Å²) in [6.45, 7) is 5.21. The van der Waals surface area contributed by atoms with Crippen molar-refractivity contribution >= 4 is 5.97 Å². The molecule has 0 radical (unpaired) electrons. The molecule has 0 rings (SSSR count). The van der Waals surface area contributed by atoms with Gasteiger partial charge in [-0.15, -0.1) is 0 Å². The van der Waals surface area contributed by atoms with Crippen LogP contribution < -0.4 is 0 Å². The lowest BCUT2D eigenvalue weighted by Crippen LogP contribution is -2.07. The third-order valence-corrected chi connectivity index (χ3v) is 1.94. The van der Waals surface area contributed by atoms with Gasteiger partial charge in [-0.2, -0.15) is 13.2 Å². The average Bonchev–Trinajstić information content (AvgIpc) is 2.14. The van der Waals surface area contributed by atoms with Gasteiger partial charge in [-0.25, -0.2) is 4.79 Å². The number of carbonyl (C=O) groups is 1. The predicted molar refractivity (Wildman–Crippen MR) is 54.9 cm³/mol. The molecule has 0 atom stereocenters. The van der Waals surface area contributed by atoms with Gasteiger partial charge in [0, 0.05) is 12.0 Å². The third kappa shape index (κ3) is 9.55. The molecule has 0 aromatic carbocycles. The maximum Gasteiger partial charge on any atom is 0.389 e. The summed E-state index contributed by atoms with van der Waals surface area (Å²) in [7, 11) is 0. The van der Waals surface area contributed by atoms with Crippen LogP contribution in [0, 0.1) is 0 Å². The number of unbranched alkanes of at least 4 members (excludes halogenated alkanes) is 3. The van der Waals surface area contributed by atoms with Gasteiger partial charge < -0.3 is 4.74 Å². The Hall–Kier alpha value is -1.00. The third-order valence-electron chi connectivity index (χ3n) is 1.94. The van der Waals surface area contributed by atoms with Crippen molar-refractivity contribution in [2.75, 3.05) is 6.61 Å². The molecule has 0 spiro atoms. The van der Waals surface area contributed by atoms with Gasteiger partial charge in [0.2, 0.25) is 0 Å². The Bertz CT molecular complexity index is 234. The Morgan fingerprint density at radius 2 is 1.75 bits per heavy atom. The highest BCUT2D eigenvalue weighted by Gasteiger charge is 2.25. The second kappa shape index (κ2) is 7.30. The van der Waals surface area contributed by atoms with E-state index in [9.17, 15) is 18.0 Å². The van der Waals surface area contributed by atoms with Crippen molar-refractivity contribution in [3.05, 3.63) is 12.2 Å². The normalized spacial score (nSPS) is 11.2. The molecule has 0 N–H and O–H groups in total. The summed E-state index contributed by atoms with van der Waals surface area (Å²) in [4.78, 5) is 10.9. The molecular formula is C11H17F3O2. The number of carbonyl (C=O) groups excluding carboxylic acids is 1. The average molecular weight is 238 g/mol. The molecule has 2 nitrogen and oxygen atoms in total. The second-order valence-corrected chi connectivity index (χ2v) is 3.70. The molecule has 0 aromatic heterocycles. The summed E-state index contributed by atoms with van der Waals surface area (Å²) in [6.07, 6.45) is -2.93. The lowest BCUT2D eigenvalue weighted by Gasteiger charge is -2.06. The van der Waals surface area contributed by atoms with E-state index in [1.807, 2.05) is 0 Å². The highest BCUT2D eigenvalue weighted by Crippen LogP contribution is 2.22. The van der Waals surface area contributed by atoms with Gasteiger partial charge >= 0.3 is 12.1 Å². The number of hydrogen-bond acceptors (Lipinski definition) is 2. The second-order valence-electron chi connectivity index (χ2n) is 3.70. The van der Waals surface area contributed by atoms with Gasteiger partial charge in [0.15, 0.2) is 0 Å². The predicted octanol–water partition coefficient (Wildman–Crippen LogP) is 3.62. The van der Waals surface area contributed by atoms with E-state index < -0.39 is 18.6 Å². The quantitative estimate of drug-likeness (QED) is 0.384. The highest BCUT2D eigenvalue weighted by atomic mass is 19.4.